The van der Waals surface area contributed by atoms with Crippen molar-refractivity contribution in [2.75, 3.05) is 32.8 Å². The molecule has 24 heavy (non-hydrogen) atoms. The van der Waals surface area contributed by atoms with Crippen molar-refractivity contribution in [3.63, 3.8) is 0 Å². The zero-order valence-electron chi connectivity index (χ0n) is 14.3. The number of rotatable bonds is 3. The molecule has 1 spiro atoms. The summed E-state index contributed by atoms with van der Waals surface area (Å²) in [6, 6.07) is 10.1. The molecule has 5 heteroatoms. The molecule has 1 atom stereocenters. The Bertz CT molecular complexity index is 640. The van der Waals surface area contributed by atoms with Crippen LogP contribution in [0.2, 0.25) is 0 Å². The van der Waals surface area contributed by atoms with Gasteiger partial charge in [-0.15, -0.1) is 0 Å². The van der Waals surface area contributed by atoms with Crippen LogP contribution in [-0.4, -0.2) is 48.7 Å². The van der Waals surface area contributed by atoms with E-state index in [9.17, 15) is 10.1 Å². The molecule has 1 aromatic rings. The first kappa shape index (κ1) is 16.8. The zero-order chi connectivity index (χ0) is 17.0. The Morgan fingerprint density at radius 2 is 2.12 bits per heavy atom. The molecule has 2 heterocycles. The maximum Gasteiger partial charge on any atom is 0.409 e. The number of amides is 1. The van der Waals surface area contributed by atoms with Gasteiger partial charge >= 0.3 is 6.09 Å². The SMILES string of the molecule is CCOC(=O)N1CCC[C@@]2(CCN(Cc3ccccc3C#N)C2)C1. The fraction of sp³-hybridized carbons (Fsp3) is 0.579. The third kappa shape index (κ3) is 3.54. The monoisotopic (exact) mass is 327 g/mol. The van der Waals surface area contributed by atoms with E-state index in [-0.39, 0.29) is 11.5 Å². The summed E-state index contributed by atoms with van der Waals surface area (Å²) in [4.78, 5) is 16.3. The molecule has 0 radical (unpaired) electrons. The van der Waals surface area contributed by atoms with Gasteiger partial charge in [0.15, 0.2) is 0 Å². The Kier molecular flexibility index (Phi) is 5.06. The minimum Gasteiger partial charge on any atom is -0.450 e. The van der Waals surface area contributed by atoms with E-state index in [0.717, 1.165) is 56.7 Å². The Morgan fingerprint density at radius 3 is 2.92 bits per heavy atom. The molecule has 2 aliphatic rings. The maximum absolute atomic E-state index is 12.0. The summed E-state index contributed by atoms with van der Waals surface area (Å²) >= 11 is 0. The van der Waals surface area contributed by atoms with Gasteiger partial charge in [-0.3, -0.25) is 4.90 Å². The van der Waals surface area contributed by atoms with Crippen molar-refractivity contribution < 1.29 is 9.53 Å². The predicted octanol–water partition coefficient (Wildman–Crippen LogP) is 3.00. The zero-order valence-corrected chi connectivity index (χ0v) is 14.3. The van der Waals surface area contributed by atoms with Crippen molar-refractivity contribution in [3.8, 4) is 6.07 Å². The van der Waals surface area contributed by atoms with Crippen LogP contribution in [0.4, 0.5) is 4.79 Å². The topological polar surface area (TPSA) is 56.6 Å². The van der Waals surface area contributed by atoms with Crippen LogP contribution < -0.4 is 0 Å². The van der Waals surface area contributed by atoms with E-state index in [1.165, 1.54) is 6.42 Å². The lowest BCUT2D eigenvalue weighted by atomic mass is 9.79. The first-order chi connectivity index (χ1) is 11.7. The molecule has 1 amide bonds. The second-order valence-corrected chi connectivity index (χ2v) is 6.95. The highest BCUT2D eigenvalue weighted by Crippen LogP contribution is 2.39. The Balaban J connectivity index is 1.64. The molecular formula is C19H25N3O2. The van der Waals surface area contributed by atoms with Crippen molar-refractivity contribution in [1.82, 2.24) is 9.80 Å². The lowest BCUT2D eigenvalue weighted by molar-refractivity contribution is 0.0600. The number of benzene rings is 1. The first-order valence-corrected chi connectivity index (χ1v) is 8.78. The average Bonchev–Trinajstić information content (AvgIpc) is 2.97. The molecule has 1 aromatic carbocycles. The highest BCUT2D eigenvalue weighted by Gasteiger charge is 2.42. The quantitative estimate of drug-likeness (QED) is 0.856. The molecule has 0 bridgehead atoms. The van der Waals surface area contributed by atoms with Gasteiger partial charge in [-0.25, -0.2) is 4.79 Å². The van der Waals surface area contributed by atoms with E-state index in [4.69, 9.17) is 4.74 Å². The van der Waals surface area contributed by atoms with Crippen molar-refractivity contribution in [1.29, 1.82) is 5.26 Å². The Labute approximate surface area is 143 Å². The molecular weight excluding hydrogens is 302 g/mol. The smallest absolute Gasteiger partial charge is 0.409 e. The third-order valence-corrected chi connectivity index (χ3v) is 5.24. The highest BCUT2D eigenvalue weighted by atomic mass is 16.6. The summed E-state index contributed by atoms with van der Waals surface area (Å²) in [6.45, 7) is 6.70. The van der Waals surface area contributed by atoms with Gasteiger partial charge in [0.25, 0.3) is 0 Å². The molecule has 0 unspecified atom stereocenters. The van der Waals surface area contributed by atoms with E-state index >= 15 is 0 Å². The van der Waals surface area contributed by atoms with Gasteiger partial charge in [-0.05, 0) is 44.4 Å². The van der Waals surface area contributed by atoms with Crippen LogP contribution in [0.15, 0.2) is 24.3 Å². The first-order valence-electron chi connectivity index (χ1n) is 8.78. The van der Waals surface area contributed by atoms with E-state index in [1.54, 1.807) is 0 Å². The predicted molar refractivity (Wildman–Crippen MR) is 91.3 cm³/mol. The molecule has 2 aliphatic heterocycles. The summed E-state index contributed by atoms with van der Waals surface area (Å²) in [7, 11) is 0. The van der Waals surface area contributed by atoms with E-state index in [1.807, 2.05) is 36.1 Å². The maximum atomic E-state index is 12.0. The van der Waals surface area contributed by atoms with Gasteiger partial charge in [-0.1, -0.05) is 18.2 Å². The van der Waals surface area contributed by atoms with Crippen LogP contribution in [-0.2, 0) is 11.3 Å². The molecule has 5 nitrogen and oxygen atoms in total. The molecule has 0 aromatic heterocycles. The lowest BCUT2D eigenvalue weighted by Gasteiger charge is -2.39. The fourth-order valence-electron chi connectivity index (χ4n) is 4.08. The Hall–Kier alpha value is -2.06. The second-order valence-electron chi connectivity index (χ2n) is 6.95. The number of hydrogen-bond acceptors (Lipinski definition) is 4. The summed E-state index contributed by atoms with van der Waals surface area (Å²) in [5, 5.41) is 9.25. The van der Waals surface area contributed by atoms with Crippen LogP contribution in [0.5, 0.6) is 0 Å². The average molecular weight is 327 g/mol. The van der Waals surface area contributed by atoms with Gasteiger partial charge < -0.3 is 9.64 Å². The molecule has 3 rings (SSSR count). The summed E-state index contributed by atoms with van der Waals surface area (Å²) < 4.78 is 5.17. The highest BCUT2D eigenvalue weighted by molar-refractivity contribution is 5.67. The molecule has 2 saturated heterocycles. The summed E-state index contributed by atoms with van der Waals surface area (Å²) in [5.74, 6) is 0. The van der Waals surface area contributed by atoms with E-state index in [2.05, 4.69) is 11.0 Å². The minimum atomic E-state index is -0.176. The molecule has 128 valence electrons. The van der Waals surface area contributed by atoms with Crippen LogP contribution in [0.25, 0.3) is 0 Å². The van der Waals surface area contributed by atoms with E-state index < -0.39 is 0 Å². The van der Waals surface area contributed by atoms with Gasteiger partial charge in [0.2, 0.25) is 0 Å². The standard InChI is InChI=1S/C19H25N3O2/c1-2-24-18(23)22-10-5-8-19(15-22)9-11-21(14-19)13-17-7-4-3-6-16(17)12-20/h3-4,6-7H,2,5,8-11,13-15H2,1H3/t19-/m0/s1. The van der Waals surface area contributed by atoms with Crippen molar-refractivity contribution in [2.45, 2.75) is 32.7 Å². The van der Waals surface area contributed by atoms with Gasteiger partial charge in [-0.2, -0.15) is 5.26 Å². The number of carbonyl (C=O) groups excluding carboxylic acids is 1. The number of hydrogen-bond donors (Lipinski definition) is 0. The van der Waals surface area contributed by atoms with Gasteiger partial charge in [0, 0.05) is 31.6 Å². The largest absolute Gasteiger partial charge is 0.450 e. The van der Waals surface area contributed by atoms with Crippen LogP contribution in [0.3, 0.4) is 0 Å². The van der Waals surface area contributed by atoms with Crippen molar-refractivity contribution >= 4 is 6.09 Å². The second kappa shape index (κ2) is 7.23. The molecule has 2 fully saturated rings. The van der Waals surface area contributed by atoms with Crippen LogP contribution >= 0.6 is 0 Å². The molecule has 0 saturated carbocycles. The number of ether oxygens (including phenoxy) is 1. The number of nitrogens with zero attached hydrogens (tertiary/aromatic N) is 3. The third-order valence-electron chi connectivity index (χ3n) is 5.24. The Morgan fingerprint density at radius 1 is 1.29 bits per heavy atom. The minimum absolute atomic E-state index is 0.176. The number of carbonyl (C=O) groups is 1. The molecule has 0 aliphatic carbocycles. The number of likely N-dealkylation sites (tertiary alicyclic amines) is 2. The van der Waals surface area contributed by atoms with Gasteiger partial charge in [0.1, 0.15) is 0 Å². The van der Waals surface area contributed by atoms with Crippen LogP contribution in [0, 0.1) is 16.7 Å². The molecule has 0 N–H and O–H groups in total. The summed E-state index contributed by atoms with van der Waals surface area (Å²) in [6.07, 6.45) is 3.14. The number of nitriles is 1. The van der Waals surface area contributed by atoms with Gasteiger partial charge in [0.05, 0.1) is 18.2 Å². The van der Waals surface area contributed by atoms with Crippen molar-refractivity contribution in [2.24, 2.45) is 5.41 Å². The van der Waals surface area contributed by atoms with E-state index in [0.29, 0.717) is 6.61 Å². The lowest BCUT2D eigenvalue weighted by Crippen LogP contribution is -2.47. The van der Waals surface area contributed by atoms with Crippen molar-refractivity contribution in [3.05, 3.63) is 35.4 Å². The summed E-state index contributed by atoms with van der Waals surface area (Å²) in [5.41, 5.74) is 2.04. The number of piperidine rings is 1. The fourth-order valence-corrected chi connectivity index (χ4v) is 4.08. The van der Waals surface area contributed by atoms with Crippen LogP contribution in [0.1, 0.15) is 37.3 Å². The normalized spacial score (nSPS) is 24.1.